The Morgan fingerprint density at radius 1 is 0.943 bits per heavy atom. The predicted octanol–water partition coefficient (Wildman–Crippen LogP) is 6.99. The third-order valence-corrected chi connectivity index (χ3v) is 7.87. The molecule has 2 aliphatic rings. The van der Waals surface area contributed by atoms with E-state index in [1.165, 1.54) is 18.2 Å². The van der Waals surface area contributed by atoms with E-state index < -0.39 is 33.9 Å². The van der Waals surface area contributed by atoms with Crippen LogP contribution in [0.2, 0.25) is 15.1 Å². The van der Waals surface area contributed by atoms with E-state index in [0.717, 1.165) is 0 Å². The standard InChI is InChI=1S/C23H20Cl5F2N3O2/c24-12-7-11(8-13(25)9-12)18-19(23(18,27)28)21(35)31-15-1-2-17(26)16(10-15)20(34)33-32-14-3-5-22(29,30)6-4-14/h1-2,7-10,14,18-19,32H,3-6H2,(H,31,35)(H,33,34). The summed E-state index contributed by atoms with van der Waals surface area (Å²) in [6.07, 6.45) is -0.0177. The van der Waals surface area contributed by atoms with Crippen LogP contribution in [0.25, 0.3) is 0 Å². The second kappa shape index (κ2) is 10.2. The van der Waals surface area contributed by atoms with Crippen molar-refractivity contribution in [1.29, 1.82) is 0 Å². The number of benzene rings is 2. The van der Waals surface area contributed by atoms with Gasteiger partial charge in [0.15, 0.2) is 0 Å². The molecule has 188 valence electrons. The van der Waals surface area contributed by atoms with Gasteiger partial charge in [0.25, 0.3) is 5.91 Å². The Balaban J connectivity index is 1.40. The van der Waals surface area contributed by atoms with Gasteiger partial charge in [-0.05, 0) is 54.8 Å². The highest BCUT2D eigenvalue weighted by Gasteiger charge is 2.67. The van der Waals surface area contributed by atoms with E-state index in [-0.39, 0.29) is 42.3 Å². The largest absolute Gasteiger partial charge is 0.326 e. The zero-order valence-corrected chi connectivity index (χ0v) is 21.8. The molecule has 2 atom stereocenters. The fraction of sp³-hybridized carbons (Fsp3) is 0.391. The highest BCUT2D eigenvalue weighted by atomic mass is 35.5. The molecule has 0 saturated heterocycles. The van der Waals surface area contributed by atoms with Crippen LogP contribution in [0.15, 0.2) is 36.4 Å². The first-order chi connectivity index (χ1) is 16.4. The number of nitrogens with one attached hydrogen (secondary N) is 3. The number of carbonyl (C=O) groups excluding carboxylic acids is 2. The molecule has 0 spiro atoms. The van der Waals surface area contributed by atoms with Crippen molar-refractivity contribution >= 4 is 75.5 Å². The number of hydrogen-bond donors (Lipinski definition) is 3. The van der Waals surface area contributed by atoms with Gasteiger partial charge in [0, 0.05) is 40.5 Å². The summed E-state index contributed by atoms with van der Waals surface area (Å²) in [5.74, 6) is -4.98. The Hall–Kier alpha value is -1.35. The van der Waals surface area contributed by atoms with Gasteiger partial charge in [-0.2, -0.15) is 0 Å². The summed E-state index contributed by atoms with van der Waals surface area (Å²) < 4.78 is 25.3. The molecule has 2 fully saturated rings. The number of rotatable bonds is 6. The van der Waals surface area contributed by atoms with E-state index in [0.29, 0.717) is 21.3 Å². The Kier molecular flexibility index (Phi) is 7.78. The zero-order chi connectivity index (χ0) is 25.5. The monoisotopic (exact) mass is 583 g/mol. The average molecular weight is 586 g/mol. The van der Waals surface area contributed by atoms with Crippen LogP contribution in [-0.2, 0) is 4.79 Å². The van der Waals surface area contributed by atoms with Crippen molar-refractivity contribution in [2.75, 3.05) is 5.32 Å². The molecule has 0 aromatic heterocycles. The predicted molar refractivity (Wildman–Crippen MR) is 135 cm³/mol. The second-order valence-corrected chi connectivity index (χ2v) is 11.5. The van der Waals surface area contributed by atoms with Crippen molar-refractivity contribution in [3.05, 3.63) is 62.6 Å². The quantitative estimate of drug-likeness (QED) is 0.253. The van der Waals surface area contributed by atoms with Gasteiger partial charge in [0.1, 0.15) is 4.33 Å². The number of amides is 2. The van der Waals surface area contributed by atoms with Gasteiger partial charge in [-0.3, -0.25) is 15.0 Å². The summed E-state index contributed by atoms with van der Waals surface area (Å²) in [7, 11) is 0. The summed E-state index contributed by atoms with van der Waals surface area (Å²) in [6.45, 7) is 0. The van der Waals surface area contributed by atoms with E-state index in [2.05, 4.69) is 16.2 Å². The lowest BCUT2D eigenvalue weighted by Gasteiger charge is -2.28. The molecule has 2 aromatic rings. The summed E-state index contributed by atoms with van der Waals surface area (Å²) in [5.41, 5.74) is 6.32. The second-order valence-electron chi connectivity index (χ2n) is 8.75. The van der Waals surface area contributed by atoms with E-state index in [4.69, 9.17) is 58.0 Å². The molecular formula is C23H20Cl5F2N3O2. The van der Waals surface area contributed by atoms with Crippen molar-refractivity contribution in [1.82, 2.24) is 10.9 Å². The van der Waals surface area contributed by atoms with Gasteiger partial charge < -0.3 is 5.32 Å². The van der Waals surface area contributed by atoms with Gasteiger partial charge in [0.2, 0.25) is 11.8 Å². The molecule has 0 bridgehead atoms. The minimum atomic E-state index is -2.67. The lowest BCUT2D eigenvalue weighted by molar-refractivity contribution is -0.117. The van der Waals surface area contributed by atoms with E-state index in [9.17, 15) is 18.4 Å². The molecule has 5 nitrogen and oxygen atoms in total. The molecule has 3 N–H and O–H groups in total. The van der Waals surface area contributed by atoms with Crippen molar-refractivity contribution in [2.24, 2.45) is 5.92 Å². The number of carbonyl (C=O) groups is 2. The van der Waals surface area contributed by atoms with Crippen molar-refractivity contribution < 1.29 is 18.4 Å². The molecular weight excluding hydrogens is 566 g/mol. The Morgan fingerprint density at radius 3 is 2.20 bits per heavy atom. The maximum absolute atomic E-state index is 13.3. The van der Waals surface area contributed by atoms with Crippen molar-refractivity contribution in [3.63, 3.8) is 0 Å². The summed E-state index contributed by atoms with van der Waals surface area (Å²) >= 11 is 31.1. The molecule has 2 amide bonds. The average Bonchev–Trinajstić information content (AvgIpc) is 3.35. The number of alkyl halides is 4. The number of anilines is 1. The van der Waals surface area contributed by atoms with Crippen LogP contribution < -0.4 is 16.2 Å². The van der Waals surface area contributed by atoms with Crippen LogP contribution >= 0.6 is 58.0 Å². The summed E-state index contributed by atoms with van der Waals surface area (Å²) in [4.78, 5) is 25.6. The first kappa shape index (κ1) is 26.7. The molecule has 12 heteroatoms. The molecule has 35 heavy (non-hydrogen) atoms. The van der Waals surface area contributed by atoms with Gasteiger partial charge >= 0.3 is 0 Å². The van der Waals surface area contributed by atoms with Crippen LogP contribution in [0.4, 0.5) is 14.5 Å². The molecule has 2 saturated carbocycles. The van der Waals surface area contributed by atoms with E-state index in [1.807, 2.05) is 0 Å². The number of hydrazine groups is 1. The Labute approximate surface area is 225 Å². The van der Waals surface area contributed by atoms with E-state index >= 15 is 0 Å². The highest BCUT2D eigenvalue weighted by molar-refractivity contribution is 6.53. The van der Waals surface area contributed by atoms with Gasteiger partial charge in [0.05, 0.1) is 16.5 Å². The van der Waals surface area contributed by atoms with Gasteiger partial charge in [-0.15, -0.1) is 23.2 Å². The van der Waals surface area contributed by atoms with Crippen LogP contribution in [0.5, 0.6) is 0 Å². The first-order valence-electron chi connectivity index (χ1n) is 10.8. The Bertz CT molecular complexity index is 1130. The topological polar surface area (TPSA) is 70.2 Å². The molecule has 2 aromatic carbocycles. The normalized spacial score (nSPS) is 22.9. The smallest absolute Gasteiger partial charge is 0.266 e. The molecule has 0 aliphatic heterocycles. The third kappa shape index (κ3) is 6.14. The van der Waals surface area contributed by atoms with Crippen molar-refractivity contribution in [2.45, 2.75) is 47.9 Å². The fourth-order valence-electron chi connectivity index (χ4n) is 4.24. The lowest BCUT2D eigenvalue weighted by atomic mass is 9.93. The van der Waals surface area contributed by atoms with Crippen LogP contribution in [0.3, 0.4) is 0 Å². The lowest BCUT2D eigenvalue weighted by Crippen LogP contribution is -2.47. The fourth-order valence-corrected chi connectivity index (χ4v) is 5.81. The minimum absolute atomic E-state index is 0.0927. The first-order valence-corrected chi connectivity index (χ1v) is 12.6. The van der Waals surface area contributed by atoms with Crippen molar-refractivity contribution in [3.8, 4) is 0 Å². The van der Waals surface area contributed by atoms with Crippen LogP contribution in [0.1, 0.15) is 47.5 Å². The maximum atomic E-state index is 13.3. The number of halogens is 7. The maximum Gasteiger partial charge on any atom is 0.266 e. The van der Waals surface area contributed by atoms with Crippen LogP contribution in [-0.4, -0.2) is 28.1 Å². The summed E-state index contributed by atoms with van der Waals surface area (Å²) in [5, 5.41) is 3.65. The zero-order valence-electron chi connectivity index (χ0n) is 18.0. The van der Waals surface area contributed by atoms with E-state index in [1.54, 1.807) is 18.2 Å². The van der Waals surface area contributed by atoms with Gasteiger partial charge in [-0.25, -0.2) is 14.2 Å². The third-order valence-electron chi connectivity index (χ3n) is 6.17. The molecule has 0 heterocycles. The molecule has 2 aliphatic carbocycles. The molecule has 4 rings (SSSR count). The Morgan fingerprint density at radius 2 is 1.57 bits per heavy atom. The molecule has 0 radical (unpaired) electrons. The molecule has 2 unspecified atom stereocenters. The minimum Gasteiger partial charge on any atom is -0.326 e. The van der Waals surface area contributed by atoms with Gasteiger partial charge in [-0.1, -0.05) is 34.8 Å². The highest BCUT2D eigenvalue weighted by Crippen LogP contribution is 2.65. The summed E-state index contributed by atoms with van der Waals surface area (Å²) in [6, 6.07) is 8.99. The van der Waals surface area contributed by atoms with Crippen LogP contribution in [0, 0.1) is 5.92 Å². The number of hydrogen-bond acceptors (Lipinski definition) is 3. The SMILES string of the molecule is O=C(NNC1CCC(F)(F)CC1)c1cc(NC(=O)C2C(c3cc(Cl)cc(Cl)c3)C2(Cl)Cl)ccc1Cl.